The number of aromatic nitrogens is 2. The molecular formula is C24H32ClN5OS3. The van der Waals surface area contributed by atoms with Crippen molar-refractivity contribution >= 4 is 57.1 Å². The fourth-order valence-electron chi connectivity index (χ4n) is 4.21. The fourth-order valence-corrected chi connectivity index (χ4v) is 7.27. The summed E-state index contributed by atoms with van der Waals surface area (Å²) in [6.07, 6.45) is 8.73. The molecule has 34 heavy (non-hydrogen) atoms. The first-order chi connectivity index (χ1) is 16.4. The number of thioether (sulfide) groups is 1. The molecule has 2 aromatic rings. The fraction of sp³-hybridized carbons (Fsp3) is 0.542. The largest absolute Gasteiger partial charge is 0.375 e. The van der Waals surface area contributed by atoms with E-state index in [4.69, 9.17) is 17.3 Å². The summed E-state index contributed by atoms with van der Waals surface area (Å²) in [5, 5.41) is 5.92. The van der Waals surface area contributed by atoms with Crippen LogP contribution in [0.1, 0.15) is 44.7 Å². The number of nitrogens with one attached hydrogen (secondary N) is 1. The highest BCUT2D eigenvalue weighted by atomic mass is 35.5. The Morgan fingerprint density at radius 3 is 2.79 bits per heavy atom. The zero-order chi connectivity index (χ0) is 24.1. The molecule has 1 atom stereocenters. The van der Waals surface area contributed by atoms with Crippen LogP contribution in [0.2, 0.25) is 0 Å². The van der Waals surface area contributed by atoms with Crippen molar-refractivity contribution in [3.8, 4) is 10.6 Å². The van der Waals surface area contributed by atoms with E-state index in [-0.39, 0.29) is 17.3 Å². The quantitative estimate of drug-likeness (QED) is 0.250. The number of nitrogens with two attached hydrogens (primary N) is 1. The Morgan fingerprint density at radius 1 is 1.29 bits per heavy atom. The first kappa shape index (κ1) is 25.7. The van der Waals surface area contributed by atoms with Gasteiger partial charge in [-0.25, -0.2) is 9.97 Å². The summed E-state index contributed by atoms with van der Waals surface area (Å²) in [5.41, 5.74) is 10.3. The third-order valence-electron chi connectivity index (χ3n) is 6.20. The molecule has 3 heterocycles. The topological polar surface area (TPSA) is 84.1 Å². The monoisotopic (exact) mass is 537 g/mol. The lowest BCUT2D eigenvalue weighted by Crippen LogP contribution is -2.45. The van der Waals surface area contributed by atoms with E-state index in [0.29, 0.717) is 11.6 Å². The number of hydrogen-bond acceptors (Lipinski definition) is 8. The Morgan fingerprint density at radius 2 is 2.09 bits per heavy atom. The minimum atomic E-state index is 0.133. The van der Waals surface area contributed by atoms with E-state index in [9.17, 15) is 4.79 Å². The molecule has 6 nitrogen and oxygen atoms in total. The third-order valence-corrected chi connectivity index (χ3v) is 9.78. The lowest BCUT2D eigenvalue weighted by Gasteiger charge is -2.33. The van der Waals surface area contributed by atoms with Gasteiger partial charge in [0, 0.05) is 43.2 Å². The van der Waals surface area contributed by atoms with Gasteiger partial charge in [-0.05, 0) is 39.5 Å². The van der Waals surface area contributed by atoms with Crippen LogP contribution in [0.25, 0.3) is 10.6 Å². The molecule has 184 valence electrons. The van der Waals surface area contributed by atoms with Crippen LogP contribution < -0.4 is 11.1 Å². The molecule has 1 unspecified atom stereocenters. The molecule has 0 aromatic carbocycles. The van der Waals surface area contributed by atoms with Gasteiger partial charge < -0.3 is 11.1 Å². The number of alkyl halides is 1. The summed E-state index contributed by atoms with van der Waals surface area (Å²) in [4.78, 5) is 25.0. The third kappa shape index (κ3) is 7.07. The van der Waals surface area contributed by atoms with Crippen molar-refractivity contribution in [2.45, 2.75) is 61.7 Å². The van der Waals surface area contributed by atoms with Crippen LogP contribution in [-0.4, -0.2) is 57.6 Å². The number of halogens is 1. The summed E-state index contributed by atoms with van der Waals surface area (Å²) < 4.78 is 1.02. The maximum atomic E-state index is 12.4. The van der Waals surface area contributed by atoms with E-state index >= 15 is 0 Å². The van der Waals surface area contributed by atoms with E-state index in [2.05, 4.69) is 39.3 Å². The molecule has 0 saturated carbocycles. The molecule has 10 heteroatoms. The molecule has 1 aliphatic carbocycles. The lowest BCUT2D eigenvalue weighted by atomic mass is 9.97. The first-order valence-electron chi connectivity index (χ1n) is 11.7. The predicted octanol–water partition coefficient (Wildman–Crippen LogP) is 5.49. The maximum Gasteiger partial charge on any atom is 0.220 e. The number of nitrogen functional groups attached to an aromatic ring is 1. The molecule has 2 aromatic heterocycles. The number of carbonyl (C=O) groups is 1. The summed E-state index contributed by atoms with van der Waals surface area (Å²) in [6.45, 7) is 7.12. The van der Waals surface area contributed by atoms with E-state index < -0.39 is 0 Å². The summed E-state index contributed by atoms with van der Waals surface area (Å²) >= 11 is 11.2. The molecular weight excluding hydrogens is 506 g/mol. The standard InChI is InChI=1S/C24H32ClN5OS3/c1-15-5-6-17(12-19(15)25)13-30-9-7-18(8-10-30)28-21(31)4-3-11-32-24-27-16(2)22(34-24)20-14-33-23(26)29-20/h5-6,14,18-19H,3-4,7-13H2,1-2H3,(H2,26,29)(H,28,31). The van der Waals surface area contributed by atoms with Crippen LogP contribution in [-0.2, 0) is 4.79 Å². The molecule has 1 aliphatic heterocycles. The van der Waals surface area contributed by atoms with Crippen molar-refractivity contribution in [1.29, 1.82) is 0 Å². The van der Waals surface area contributed by atoms with Crippen LogP contribution >= 0.6 is 46.0 Å². The van der Waals surface area contributed by atoms with Gasteiger partial charge >= 0.3 is 0 Å². The smallest absolute Gasteiger partial charge is 0.220 e. The minimum Gasteiger partial charge on any atom is -0.375 e. The number of piperidine rings is 1. The molecule has 3 N–H and O–H groups in total. The Balaban J connectivity index is 1.12. The number of nitrogens with zero attached hydrogens (tertiary/aromatic N) is 3. The normalized spacial score (nSPS) is 19.7. The Hall–Kier alpha value is -1.39. The zero-order valence-electron chi connectivity index (χ0n) is 19.7. The average Bonchev–Trinajstić information content (AvgIpc) is 3.40. The number of rotatable bonds is 9. The lowest BCUT2D eigenvalue weighted by molar-refractivity contribution is -0.122. The van der Waals surface area contributed by atoms with Crippen molar-refractivity contribution in [3.05, 3.63) is 34.4 Å². The Bertz CT molecular complexity index is 1050. The van der Waals surface area contributed by atoms with E-state index in [0.717, 1.165) is 71.7 Å². The highest BCUT2D eigenvalue weighted by molar-refractivity contribution is 8.01. The molecule has 1 amide bonds. The molecule has 1 saturated heterocycles. The van der Waals surface area contributed by atoms with E-state index in [1.165, 1.54) is 22.5 Å². The number of anilines is 1. The number of hydrogen-bond donors (Lipinski definition) is 2. The van der Waals surface area contributed by atoms with Gasteiger partial charge in [0.05, 0.1) is 21.6 Å². The van der Waals surface area contributed by atoms with Crippen molar-refractivity contribution in [2.75, 3.05) is 31.1 Å². The van der Waals surface area contributed by atoms with Gasteiger partial charge in [0.1, 0.15) is 0 Å². The summed E-state index contributed by atoms with van der Waals surface area (Å²) in [7, 11) is 0. The second kappa shape index (κ2) is 12.0. The van der Waals surface area contributed by atoms with Crippen LogP contribution in [0.5, 0.6) is 0 Å². The molecule has 2 aliphatic rings. The van der Waals surface area contributed by atoms with Crippen molar-refractivity contribution in [3.63, 3.8) is 0 Å². The van der Waals surface area contributed by atoms with Crippen molar-refractivity contribution < 1.29 is 4.79 Å². The second-order valence-electron chi connectivity index (χ2n) is 8.94. The number of carbonyl (C=O) groups excluding carboxylic acids is 1. The Kier molecular flexibility index (Phi) is 9.09. The van der Waals surface area contributed by atoms with Crippen LogP contribution in [0.15, 0.2) is 33.0 Å². The number of likely N-dealkylation sites (tertiary alicyclic amines) is 1. The summed E-state index contributed by atoms with van der Waals surface area (Å²) in [5.74, 6) is 1.04. The maximum absolute atomic E-state index is 12.4. The van der Waals surface area contributed by atoms with Gasteiger partial charge in [-0.1, -0.05) is 35.1 Å². The number of amides is 1. The van der Waals surface area contributed by atoms with E-state index in [1.54, 1.807) is 23.1 Å². The minimum absolute atomic E-state index is 0.133. The van der Waals surface area contributed by atoms with Gasteiger partial charge in [-0.2, -0.15) is 0 Å². The zero-order valence-corrected chi connectivity index (χ0v) is 22.9. The van der Waals surface area contributed by atoms with Crippen LogP contribution in [0.3, 0.4) is 0 Å². The van der Waals surface area contributed by atoms with Crippen molar-refractivity contribution in [1.82, 2.24) is 20.2 Å². The van der Waals surface area contributed by atoms with Gasteiger partial charge in [0.15, 0.2) is 9.47 Å². The number of allylic oxidation sites excluding steroid dienone is 3. The van der Waals surface area contributed by atoms with Gasteiger partial charge in [0.25, 0.3) is 0 Å². The van der Waals surface area contributed by atoms with Crippen LogP contribution in [0, 0.1) is 6.92 Å². The molecule has 4 rings (SSSR count). The second-order valence-corrected chi connectivity index (χ2v) is 12.7. The highest BCUT2D eigenvalue weighted by Crippen LogP contribution is 2.35. The van der Waals surface area contributed by atoms with E-state index in [1.807, 2.05) is 12.3 Å². The first-order valence-corrected chi connectivity index (χ1v) is 14.8. The number of aryl methyl sites for hydroxylation is 1. The van der Waals surface area contributed by atoms with Gasteiger partial charge in [-0.3, -0.25) is 9.69 Å². The van der Waals surface area contributed by atoms with Gasteiger partial charge in [-0.15, -0.1) is 34.3 Å². The molecule has 0 spiro atoms. The molecule has 0 bridgehead atoms. The van der Waals surface area contributed by atoms with Crippen LogP contribution in [0.4, 0.5) is 5.13 Å². The van der Waals surface area contributed by atoms with Crippen molar-refractivity contribution in [2.24, 2.45) is 0 Å². The summed E-state index contributed by atoms with van der Waals surface area (Å²) in [6, 6.07) is 0.286. The van der Waals surface area contributed by atoms with Gasteiger partial charge in [0.2, 0.25) is 5.91 Å². The Labute approximate surface area is 219 Å². The molecule has 1 fully saturated rings. The average molecular weight is 538 g/mol. The number of thiazole rings is 2. The predicted molar refractivity (Wildman–Crippen MR) is 146 cm³/mol. The highest BCUT2D eigenvalue weighted by Gasteiger charge is 2.22. The SMILES string of the molecule is CC1=CC=C(CN2CCC(NC(=O)CCCSc3nc(C)c(-c4csc(N)n4)s3)CC2)CC1Cl. The molecule has 0 radical (unpaired) electrons.